The minimum Gasteiger partial charge on any atom is -0.340 e. The van der Waals surface area contributed by atoms with Gasteiger partial charge in [-0.3, -0.25) is 0 Å². The van der Waals surface area contributed by atoms with Crippen LogP contribution < -0.4 is 9.80 Å². The molecule has 1 aliphatic rings. The number of rotatable bonds is 6. The van der Waals surface area contributed by atoms with E-state index in [1.807, 2.05) is 0 Å². The Morgan fingerprint density at radius 3 is 1.44 bits per heavy atom. The zero-order valence-electron chi connectivity index (χ0n) is 28.4. The molecule has 0 spiro atoms. The molecule has 240 valence electrons. The minimum absolute atomic E-state index is 0.132. The van der Waals surface area contributed by atoms with Gasteiger partial charge in [0.25, 0.3) is 0 Å². The van der Waals surface area contributed by atoms with Crippen molar-refractivity contribution in [3.05, 3.63) is 188 Å². The van der Waals surface area contributed by atoms with E-state index in [4.69, 9.17) is 0 Å². The Bertz CT molecular complexity index is 2380. The summed E-state index contributed by atoms with van der Waals surface area (Å²) in [6.07, 6.45) is 0. The van der Waals surface area contributed by atoms with Crippen molar-refractivity contribution in [3.8, 4) is 22.3 Å². The van der Waals surface area contributed by atoms with Crippen molar-refractivity contribution >= 4 is 50.0 Å². The molecule has 0 saturated heterocycles. The average Bonchev–Trinajstić information content (AvgIpc) is 3.46. The fourth-order valence-electron chi connectivity index (χ4n) is 7.78. The van der Waals surface area contributed by atoms with E-state index in [-0.39, 0.29) is 5.41 Å². The maximum atomic E-state index is 2.45. The standard InChI is InChI=1S/C48H38N2/c1-48(2)33-49(47-18-8-7-17-44(47)48)40-29-25-36(26-30-40)34-21-23-35(24-22-34)37-27-31-41(32-28-37)50(45-19-9-13-38-11-3-5-15-42(38)45)46-20-10-14-39-12-4-6-16-43(39)46/h3-32H,33H2,1-2H3. The van der Waals surface area contributed by atoms with Gasteiger partial charge in [-0.25, -0.2) is 0 Å². The van der Waals surface area contributed by atoms with Crippen molar-refractivity contribution in [1.82, 2.24) is 0 Å². The molecule has 9 rings (SSSR count). The van der Waals surface area contributed by atoms with E-state index in [0.29, 0.717) is 0 Å². The summed E-state index contributed by atoms with van der Waals surface area (Å²) >= 11 is 0. The molecular formula is C48H38N2. The zero-order chi connectivity index (χ0) is 33.7. The van der Waals surface area contributed by atoms with Gasteiger partial charge in [0.05, 0.1) is 11.4 Å². The van der Waals surface area contributed by atoms with Crippen molar-refractivity contribution in [1.29, 1.82) is 0 Å². The lowest BCUT2D eigenvalue weighted by atomic mass is 9.87. The van der Waals surface area contributed by atoms with Crippen LogP contribution in [-0.2, 0) is 5.41 Å². The van der Waals surface area contributed by atoms with E-state index in [0.717, 1.165) is 12.2 Å². The number of nitrogens with zero attached hydrogens (tertiary/aromatic N) is 2. The highest BCUT2D eigenvalue weighted by Gasteiger charge is 2.35. The fraction of sp³-hybridized carbons (Fsp3) is 0.0833. The topological polar surface area (TPSA) is 6.48 Å². The van der Waals surface area contributed by atoms with Gasteiger partial charge in [0.15, 0.2) is 0 Å². The summed E-state index contributed by atoms with van der Waals surface area (Å²) in [5.41, 5.74) is 12.4. The third-order valence-electron chi connectivity index (χ3n) is 10.3. The van der Waals surface area contributed by atoms with Crippen LogP contribution in [0, 0.1) is 0 Å². The molecule has 0 aromatic heterocycles. The second-order valence-corrected chi connectivity index (χ2v) is 14.0. The second-order valence-electron chi connectivity index (χ2n) is 14.0. The van der Waals surface area contributed by atoms with Crippen molar-refractivity contribution in [2.24, 2.45) is 0 Å². The predicted molar refractivity (Wildman–Crippen MR) is 213 cm³/mol. The normalized spacial score (nSPS) is 13.4. The smallest absolute Gasteiger partial charge is 0.0540 e. The molecule has 1 aliphatic heterocycles. The summed E-state index contributed by atoms with van der Waals surface area (Å²) in [6.45, 7) is 5.66. The van der Waals surface area contributed by atoms with Gasteiger partial charge in [0.1, 0.15) is 0 Å². The van der Waals surface area contributed by atoms with Gasteiger partial charge in [-0.05, 0) is 81.1 Å². The Morgan fingerprint density at radius 1 is 0.440 bits per heavy atom. The van der Waals surface area contributed by atoms with Gasteiger partial charge >= 0.3 is 0 Å². The van der Waals surface area contributed by atoms with Crippen LogP contribution in [0.3, 0.4) is 0 Å². The minimum atomic E-state index is 0.132. The molecule has 2 heteroatoms. The van der Waals surface area contributed by atoms with Gasteiger partial charge < -0.3 is 9.80 Å². The average molecular weight is 643 g/mol. The van der Waals surface area contributed by atoms with Gasteiger partial charge in [-0.15, -0.1) is 0 Å². The van der Waals surface area contributed by atoms with E-state index in [2.05, 4.69) is 206 Å². The van der Waals surface area contributed by atoms with Gasteiger partial charge in [0, 0.05) is 39.8 Å². The number of anilines is 5. The van der Waals surface area contributed by atoms with Crippen LogP contribution in [0.4, 0.5) is 28.4 Å². The molecule has 0 bridgehead atoms. The third-order valence-corrected chi connectivity index (χ3v) is 10.3. The summed E-state index contributed by atoms with van der Waals surface area (Å²) < 4.78 is 0. The molecule has 0 atom stereocenters. The van der Waals surface area contributed by atoms with Crippen LogP contribution in [0.5, 0.6) is 0 Å². The molecule has 0 saturated carbocycles. The summed E-state index contributed by atoms with van der Waals surface area (Å²) in [5, 5.41) is 4.91. The van der Waals surface area contributed by atoms with E-state index in [1.54, 1.807) is 0 Å². The Kier molecular flexibility index (Phi) is 7.25. The van der Waals surface area contributed by atoms with E-state index >= 15 is 0 Å². The molecule has 0 amide bonds. The van der Waals surface area contributed by atoms with Crippen molar-refractivity contribution < 1.29 is 0 Å². The van der Waals surface area contributed by atoms with E-state index < -0.39 is 0 Å². The monoisotopic (exact) mass is 642 g/mol. The SMILES string of the molecule is CC1(C)CN(c2ccc(-c3ccc(-c4ccc(N(c5cccc6ccccc56)c5cccc6ccccc56)cc4)cc3)cc2)c2ccccc21. The van der Waals surface area contributed by atoms with Gasteiger partial charge in [0.2, 0.25) is 0 Å². The highest BCUT2D eigenvalue weighted by atomic mass is 15.2. The van der Waals surface area contributed by atoms with Gasteiger partial charge in [-0.2, -0.15) is 0 Å². The molecule has 8 aromatic carbocycles. The van der Waals surface area contributed by atoms with Crippen LogP contribution in [0.2, 0.25) is 0 Å². The van der Waals surface area contributed by atoms with Crippen molar-refractivity contribution in [2.75, 3.05) is 16.3 Å². The van der Waals surface area contributed by atoms with Crippen LogP contribution >= 0.6 is 0 Å². The lowest BCUT2D eigenvalue weighted by molar-refractivity contribution is 0.569. The molecule has 0 aliphatic carbocycles. The number of hydrogen-bond donors (Lipinski definition) is 0. The Morgan fingerprint density at radius 2 is 0.880 bits per heavy atom. The van der Waals surface area contributed by atoms with Crippen LogP contribution in [0.15, 0.2) is 182 Å². The van der Waals surface area contributed by atoms with Crippen molar-refractivity contribution in [2.45, 2.75) is 19.3 Å². The molecule has 2 nitrogen and oxygen atoms in total. The first-order valence-corrected chi connectivity index (χ1v) is 17.5. The first-order chi connectivity index (χ1) is 24.5. The molecule has 0 N–H and O–H groups in total. The molecular weight excluding hydrogens is 605 g/mol. The van der Waals surface area contributed by atoms with E-state index in [1.165, 1.54) is 72.1 Å². The van der Waals surface area contributed by atoms with Crippen LogP contribution in [-0.4, -0.2) is 6.54 Å². The van der Waals surface area contributed by atoms with Gasteiger partial charge in [-0.1, -0.05) is 153 Å². The lowest BCUT2D eigenvalue weighted by Crippen LogP contribution is -2.24. The lowest BCUT2D eigenvalue weighted by Gasteiger charge is -2.28. The highest BCUT2D eigenvalue weighted by Crippen LogP contribution is 2.45. The van der Waals surface area contributed by atoms with Crippen LogP contribution in [0.1, 0.15) is 19.4 Å². The summed E-state index contributed by atoms with van der Waals surface area (Å²) in [6, 6.07) is 66.2. The predicted octanol–water partition coefficient (Wildman–Crippen LogP) is 13.2. The Labute approximate surface area is 294 Å². The summed E-state index contributed by atoms with van der Waals surface area (Å²) in [5.74, 6) is 0. The largest absolute Gasteiger partial charge is 0.340 e. The second kappa shape index (κ2) is 12.1. The molecule has 8 aromatic rings. The molecule has 0 fully saturated rings. The maximum Gasteiger partial charge on any atom is 0.0540 e. The highest BCUT2D eigenvalue weighted by molar-refractivity contribution is 6.04. The molecule has 0 unspecified atom stereocenters. The summed E-state index contributed by atoms with van der Waals surface area (Å²) in [7, 11) is 0. The molecule has 50 heavy (non-hydrogen) atoms. The number of fused-ring (bicyclic) bond motifs is 3. The first-order valence-electron chi connectivity index (χ1n) is 17.5. The Hall–Kier alpha value is -6.12. The summed E-state index contributed by atoms with van der Waals surface area (Å²) in [4.78, 5) is 4.86. The van der Waals surface area contributed by atoms with Crippen LogP contribution in [0.25, 0.3) is 43.8 Å². The number of benzene rings is 8. The molecule has 1 heterocycles. The fourth-order valence-corrected chi connectivity index (χ4v) is 7.78. The quantitative estimate of drug-likeness (QED) is 0.178. The van der Waals surface area contributed by atoms with Crippen molar-refractivity contribution in [3.63, 3.8) is 0 Å². The number of para-hydroxylation sites is 1. The third kappa shape index (κ3) is 5.21. The van der Waals surface area contributed by atoms with E-state index in [9.17, 15) is 0 Å². The maximum absolute atomic E-state index is 2.45. The molecule has 0 radical (unpaired) electrons. The zero-order valence-corrected chi connectivity index (χ0v) is 28.4. The number of hydrogen-bond acceptors (Lipinski definition) is 2. The Balaban J connectivity index is 1.02. The first kappa shape index (κ1) is 30.0.